The largest absolute Gasteiger partial charge is 0.468 e. The number of carbonyl (C=O) groups is 1. The fraction of sp³-hybridized carbons (Fsp3) is 0.538. The minimum atomic E-state index is -0.229. The van der Waals surface area contributed by atoms with E-state index in [1.54, 1.807) is 18.0 Å². The Morgan fingerprint density at radius 1 is 1.58 bits per heavy atom. The summed E-state index contributed by atoms with van der Waals surface area (Å²) in [5.41, 5.74) is 0. The van der Waals surface area contributed by atoms with Gasteiger partial charge in [0.2, 0.25) is 0 Å². The first-order valence-corrected chi connectivity index (χ1v) is 8.00. The van der Waals surface area contributed by atoms with E-state index >= 15 is 0 Å². The van der Waals surface area contributed by atoms with Gasteiger partial charge in [-0.15, -0.1) is 11.8 Å². The Labute approximate surface area is 126 Å². The number of hydrogen-bond acceptors (Lipinski definition) is 5. The van der Waals surface area contributed by atoms with Crippen LogP contribution in [-0.2, 0) is 9.53 Å². The normalized spacial score (nSPS) is 12.2. The predicted octanol–water partition coefficient (Wildman–Crippen LogP) is 2.87. The summed E-state index contributed by atoms with van der Waals surface area (Å²) >= 11 is 4.99. The first-order chi connectivity index (χ1) is 9.17. The van der Waals surface area contributed by atoms with Crippen molar-refractivity contribution in [3.63, 3.8) is 0 Å². The number of methoxy groups -OCH3 is 1. The van der Waals surface area contributed by atoms with Gasteiger partial charge < -0.3 is 10.1 Å². The number of nitrogens with zero attached hydrogens (tertiary/aromatic N) is 1. The molecule has 0 aliphatic rings. The molecule has 0 saturated carbocycles. The van der Waals surface area contributed by atoms with Crippen LogP contribution in [0.2, 0.25) is 0 Å². The van der Waals surface area contributed by atoms with E-state index in [1.165, 1.54) is 7.11 Å². The smallest absolute Gasteiger partial charge is 0.322 e. The summed E-state index contributed by atoms with van der Waals surface area (Å²) in [6, 6.07) is 3.69. The lowest BCUT2D eigenvalue weighted by atomic mass is 10.2. The predicted molar refractivity (Wildman–Crippen MR) is 81.4 cm³/mol. The van der Waals surface area contributed by atoms with Crippen molar-refractivity contribution in [3.05, 3.63) is 22.8 Å². The van der Waals surface area contributed by atoms with Gasteiger partial charge in [-0.1, -0.05) is 6.92 Å². The quantitative estimate of drug-likeness (QED) is 0.579. The van der Waals surface area contributed by atoms with Gasteiger partial charge in [-0.25, -0.2) is 4.98 Å². The fourth-order valence-corrected chi connectivity index (χ4v) is 2.58. The first kappa shape index (κ1) is 16.5. The maximum absolute atomic E-state index is 11.6. The number of hydrogen-bond donors (Lipinski definition) is 1. The van der Waals surface area contributed by atoms with Crippen LogP contribution in [0.25, 0.3) is 0 Å². The number of esters is 1. The first-order valence-electron chi connectivity index (χ1n) is 6.23. The molecule has 19 heavy (non-hydrogen) atoms. The van der Waals surface area contributed by atoms with Crippen LogP contribution in [-0.4, -0.2) is 36.4 Å². The molecule has 1 aromatic heterocycles. The summed E-state index contributed by atoms with van der Waals surface area (Å²) in [4.78, 5) is 15.9. The topological polar surface area (TPSA) is 51.2 Å². The van der Waals surface area contributed by atoms with E-state index in [0.717, 1.165) is 34.6 Å². The highest BCUT2D eigenvalue weighted by atomic mass is 79.9. The third kappa shape index (κ3) is 6.40. The molecular formula is C13H19BrN2O2S. The molecule has 1 heterocycles. The number of thioether (sulfide) groups is 1. The number of halogens is 1. The van der Waals surface area contributed by atoms with E-state index < -0.39 is 0 Å². The molecule has 0 bridgehead atoms. The van der Waals surface area contributed by atoms with Gasteiger partial charge in [-0.05, 0) is 47.4 Å². The Morgan fingerprint density at radius 2 is 2.37 bits per heavy atom. The SMILES string of the molecule is CCCNC(CCSc1ccc(Br)cn1)C(=O)OC. The van der Waals surface area contributed by atoms with Crippen molar-refractivity contribution >= 4 is 33.7 Å². The average molecular weight is 347 g/mol. The second-order valence-electron chi connectivity index (χ2n) is 3.98. The van der Waals surface area contributed by atoms with Crippen molar-refractivity contribution in [3.8, 4) is 0 Å². The maximum atomic E-state index is 11.6. The molecule has 1 atom stereocenters. The van der Waals surface area contributed by atoms with Crippen LogP contribution >= 0.6 is 27.7 Å². The van der Waals surface area contributed by atoms with Crippen molar-refractivity contribution in [2.45, 2.75) is 30.8 Å². The van der Waals surface area contributed by atoms with Gasteiger partial charge in [0.25, 0.3) is 0 Å². The molecule has 0 saturated heterocycles. The summed E-state index contributed by atoms with van der Waals surface area (Å²) in [6.07, 6.45) is 3.50. The summed E-state index contributed by atoms with van der Waals surface area (Å²) in [5, 5.41) is 4.16. The molecule has 0 aromatic carbocycles. The monoisotopic (exact) mass is 346 g/mol. The van der Waals surface area contributed by atoms with Crippen LogP contribution in [0.3, 0.4) is 0 Å². The molecule has 4 nitrogen and oxygen atoms in total. The molecule has 1 rings (SSSR count). The minimum Gasteiger partial charge on any atom is -0.468 e. The molecule has 0 spiro atoms. The van der Waals surface area contributed by atoms with E-state index in [2.05, 4.69) is 33.2 Å². The number of rotatable bonds is 8. The third-order valence-corrected chi connectivity index (χ3v) is 3.93. The van der Waals surface area contributed by atoms with Gasteiger partial charge in [-0.3, -0.25) is 4.79 Å². The highest BCUT2D eigenvalue weighted by molar-refractivity contribution is 9.10. The molecular weight excluding hydrogens is 328 g/mol. The van der Waals surface area contributed by atoms with Crippen molar-refractivity contribution in [1.82, 2.24) is 10.3 Å². The summed E-state index contributed by atoms with van der Waals surface area (Å²) in [7, 11) is 1.42. The van der Waals surface area contributed by atoms with Crippen molar-refractivity contribution < 1.29 is 9.53 Å². The van der Waals surface area contributed by atoms with Gasteiger partial charge >= 0.3 is 5.97 Å². The molecule has 0 aliphatic carbocycles. The Bertz CT molecular complexity index is 387. The van der Waals surface area contributed by atoms with Gasteiger partial charge in [-0.2, -0.15) is 0 Å². The second-order valence-corrected chi connectivity index (χ2v) is 6.01. The average Bonchev–Trinajstić information content (AvgIpc) is 2.43. The molecule has 0 fully saturated rings. The Hall–Kier alpha value is -0.590. The lowest BCUT2D eigenvalue weighted by Crippen LogP contribution is -2.38. The summed E-state index contributed by atoms with van der Waals surface area (Å²) in [5.74, 6) is 0.628. The summed E-state index contributed by atoms with van der Waals surface area (Å²) < 4.78 is 5.76. The lowest BCUT2D eigenvalue weighted by Gasteiger charge is -2.15. The standard InChI is InChI=1S/C13H19BrN2O2S/c1-3-7-15-11(13(17)18-2)6-8-19-12-5-4-10(14)9-16-12/h4-5,9,11,15H,3,6-8H2,1-2H3. The van der Waals surface area contributed by atoms with Crippen molar-refractivity contribution in [2.24, 2.45) is 0 Å². The Balaban J connectivity index is 2.38. The van der Waals surface area contributed by atoms with E-state index in [0.29, 0.717) is 0 Å². The van der Waals surface area contributed by atoms with Crippen molar-refractivity contribution in [1.29, 1.82) is 0 Å². The zero-order valence-corrected chi connectivity index (χ0v) is 13.6. The minimum absolute atomic E-state index is 0.196. The molecule has 0 radical (unpaired) electrons. The molecule has 1 unspecified atom stereocenters. The highest BCUT2D eigenvalue weighted by Gasteiger charge is 2.17. The van der Waals surface area contributed by atoms with Gasteiger partial charge in [0.15, 0.2) is 0 Å². The zero-order valence-electron chi connectivity index (χ0n) is 11.2. The molecule has 0 amide bonds. The van der Waals surface area contributed by atoms with Gasteiger partial charge in [0, 0.05) is 16.4 Å². The van der Waals surface area contributed by atoms with Crippen molar-refractivity contribution in [2.75, 3.05) is 19.4 Å². The van der Waals surface area contributed by atoms with E-state index in [-0.39, 0.29) is 12.0 Å². The molecule has 0 aliphatic heterocycles. The Kier molecular flexibility index (Phi) is 8.09. The third-order valence-electron chi connectivity index (χ3n) is 2.48. The molecule has 1 N–H and O–H groups in total. The summed E-state index contributed by atoms with van der Waals surface area (Å²) in [6.45, 7) is 2.89. The van der Waals surface area contributed by atoms with Crippen LogP contribution in [0.4, 0.5) is 0 Å². The molecule has 1 aromatic rings. The van der Waals surface area contributed by atoms with E-state index in [1.807, 2.05) is 12.1 Å². The molecule has 6 heteroatoms. The number of carbonyl (C=O) groups excluding carboxylic acids is 1. The number of aromatic nitrogens is 1. The second kappa shape index (κ2) is 9.34. The van der Waals surface area contributed by atoms with Crippen LogP contribution in [0, 0.1) is 0 Å². The lowest BCUT2D eigenvalue weighted by molar-refractivity contribution is -0.143. The van der Waals surface area contributed by atoms with Gasteiger partial charge in [0.05, 0.1) is 12.1 Å². The molecule has 106 valence electrons. The van der Waals surface area contributed by atoms with E-state index in [4.69, 9.17) is 4.74 Å². The highest BCUT2D eigenvalue weighted by Crippen LogP contribution is 2.18. The van der Waals surface area contributed by atoms with Crippen LogP contribution < -0.4 is 5.32 Å². The Morgan fingerprint density at radius 3 is 2.95 bits per heavy atom. The van der Waals surface area contributed by atoms with Crippen LogP contribution in [0.15, 0.2) is 27.8 Å². The number of ether oxygens (including phenoxy) is 1. The van der Waals surface area contributed by atoms with Gasteiger partial charge in [0.1, 0.15) is 6.04 Å². The van der Waals surface area contributed by atoms with Crippen LogP contribution in [0.1, 0.15) is 19.8 Å². The van der Waals surface area contributed by atoms with Crippen LogP contribution in [0.5, 0.6) is 0 Å². The fourth-order valence-electron chi connectivity index (χ4n) is 1.49. The maximum Gasteiger partial charge on any atom is 0.322 e. The number of pyridine rings is 1. The van der Waals surface area contributed by atoms with E-state index in [9.17, 15) is 4.79 Å². The zero-order chi connectivity index (χ0) is 14.1. The number of nitrogens with one attached hydrogen (secondary N) is 1.